The van der Waals surface area contributed by atoms with Gasteiger partial charge in [0.05, 0.1) is 21.5 Å². The topological polar surface area (TPSA) is 59.8 Å². The number of amides is 1. The quantitative estimate of drug-likeness (QED) is 0.643. The molecule has 1 amide bonds. The van der Waals surface area contributed by atoms with Crippen molar-refractivity contribution in [2.75, 3.05) is 11.1 Å². The van der Waals surface area contributed by atoms with Gasteiger partial charge in [0.15, 0.2) is 5.16 Å². The van der Waals surface area contributed by atoms with Gasteiger partial charge in [0.1, 0.15) is 6.33 Å². The number of hydrogen-bond acceptors (Lipinski definition) is 4. The van der Waals surface area contributed by atoms with Gasteiger partial charge < -0.3 is 5.32 Å². The number of benzene rings is 2. The van der Waals surface area contributed by atoms with E-state index in [0.717, 1.165) is 11.3 Å². The molecule has 0 aliphatic heterocycles. The summed E-state index contributed by atoms with van der Waals surface area (Å²) in [7, 11) is 0. The Morgan fingerprint density at radius 3 is 2.72 bits per heavy atom. The van der Waals surface area contributed by atoms with E-state index in [2.05, 4.69) is 15.5 Å². The molecule has 8 heteroatoms. The molecule has 1 N–H and O–H groups in total. The zero-order chi connectivity index (χ0) is 17.8. The first kappa shape index (κ1) is 17.8. The second-order valence-corrected chi connectivity index (χ2v) is 6.94. The van der Waals surface area contributed by atoms with Crippen molar-refractivity contribution in [2.24, 2.45) is 0 Å². The first-order valence-corrected chi connectivity index (χ1v) is 9.13. The number of thioether (sulfide) groups is 1. The van der Waals surface area contributed by atoms with Gasteiger partial charge in [-0.3, -0.25) is 9.36 Å². The first-order chi connectivity index (χ1) is 12.1. The smallest absolute Gasteiger partial charge is 0.234 e. The van der Waals surface area contributed by atoms with Crippen LogP contribution in [0.1, 0.15) is 5.56 Å². The number of carbonyl (C=O) groups excluding carboxylic acids is 1. The predicted octanol–water partition coefficient (Wildman–Crippen LogP) is 4.61. The zero-order valence-corrected chi connectivity index (χ0v) is 15.6. The van der Waals surface area contributed by atoms with Gasteiger partial charge in [0.25, 0.3) is 0 Å². The molecule has 0 spiro atoms. The van der Waals surface area contributed by atoms with Crippen LogP contribution in [0.3, 0.4) is 0 Å². The second-order valence-electron chi connectivity index (χ2n) is 5.21. The minimum atomic E-state index is -0.220. The van der Waals surface area contributed by atoms with E-state index < -0.39 is 0 Å². The highest BCUT2D eigenvalue weighted by Crippen LogP contribution is 2.33. The Morgan fingerprint density at radius 2 is 1.96 bits per heavy atom. The lowest BCUT2D eigenvalue weighted by Crippen LogP contribution is -2.15. The molecule has 0 bridgehead atoms. The number of nitrogens with zero attached hydrogens (tertiary/aromatic N) is 3. The second kappa shape index (κ2) is 7.91. The van der Waals surface area contributed by atoms with Crippen LogP contribution in [0.4, 0.5) is 5.69 Å². The number of aryl methyl sites for hydroxylation is 1. The lowest BCUT2D eigenvalue weighted by molar-refractivity contribution is -0.113. The minimum Gasteiger partial charge on any atom is -0.323 e. The van der Waals surface area contributed by atoms with Crippen LogP contribution in [0.15, 0.2) is 53.9 Å². The number of carbonyl (C=O) groups is 1. The third kappa shape index (κ3) is 4.15. The highest BCUT2D eigenvalue weighted by atomic mass is 35.5. The number of rotatable bonds is 5. The molecule has 1 aromatic heterocycles. The van der Waals surface area contributed by atoms with Crippen LogP contribution in [0.25, 0.3) is 5.69 Å². The molecule has 5 nitrogen and oxygen atoms in total. The largest absolute Gasteiger partial charge is 0.323 e. The monoisotopic (exact) mass is 392 g/mol. The summed E-state index contributed by atoms with van der Waals surface area (Å²) in [6.07, 6.45) is 1.61. The normalized spacial score (nSPS) is 10.7. The molecule has 2 aromatic carbocycles. The average Bonchev–Trinajstić information content (AvgIpc) is 3.09. The van der Waals surface area contributed by atoms with Crippen molar-refractivity contribution >= 4 is 46.6 Å². The van der Waals surface area contributed by atoms with Gasteiger partial charge in [-0.25, -0.2) is 0 Å². The van der Waals surface area contributed by atoms with Crippen molar-refractivity contribution in [3.05, 3.63) is 64.4 Å². The van der Waals surface area contributed by atoms with Gasteiger partial charge in [-0.1, -0.05) is 59.2 Å². The Labute approximate surface area is 159 Å². The molecule has 0 saturated heterocycles. The summed E-state index contributed by atoms with van der Waals surface area (Å²) in [5.41, 5.74) is 2.21. The van der Waals surface area contributed by atoms with Crippen LogP contribution >= 0.6 is 35.0 Å². The number of aromatic nitrogens is 3. The Hall–Kier alpha value is -2.02. The SMILES string of the molecule is Cc1ccc(Cl)c(NC(=O)CSc2nncn2-c2ccccc2)c1Cl. The third-order valence-electron chi connectivity index (χ3n) is 3.43. The van der Waals surface area contributed by atoms with Gasteiger partial charge in [-0.05, 0) is 30.7 Å². The van der Waals surface area contributed by atoms with Gasteiger partial charge in [0.2, 0.25) is 5.91 Å². The summed E-state index contributed by atoms with van der Waals surface area (Å²) in [5.74, 6) is -0.0615. The van der Waals surface area contributed by atoms with E-state index in [0.29, 0.717) is 20.9 Å². The van der Waals surface area contributed by atoms with Crippen LogP contribution in [-0.2, 0) is 4.79 Å². The molecule has 0 saturated carbocycles. The van der Waals surface area contributed by atoms with Crippen molar-refractivity contribution < 1.29 is 4.79 Å². The maximum atomic E-state index is 12.3. The number of halogens is 2. The fourth-order valence-corrected chi connectivity index (χ4v) is 3.36. The fraction of sp³-hybridized carbons (Fsp3) is 0.118. The first-order valence-electron chi connectivity index (χ1n) is 7.39. The van der Waals surface area contributed by atoms with E-state index in [1.807, 2.05) is 41.8 Å². The minimum absolute atomic E-state index is 0.159. The maximum absolute atomic E-state index is 12.3. The summed E-state index contributed by atoms with van der Waals surface area (Å²) in [4.78, 5) is 12.3. The lowest BCUT2D eigenvalue weighted by Gasteiger charge is -2.11. The van der Waals surface area contributed by atoms with Gasteiger partial charge >= 0.3 is 0 Å². The summed E-state index contributed by atoms with van der Waals surface area (Å²) < 4.78 is 1.82. The van der Waals surface area contributed by atoms with Crippen LogP contribution in [-0.4, -0.2) is 26.4 Å². The molecular formula is C17H14Cl2N4OS. The molecule has 0 radical (unpaired) electrons. The molecule has 0 aliphatic carbocycles. The summed E-state index contributed by atoms with van der Waals surface area (Å²) in [6.45, 7) is 1.85. The zero-order valence-electron chi connectivity index (χ0n) is 13.2. The number of para-hydroxylation sites is 1. The highest BCUT2D eigenvalue weighted by Gasteiger charge is 2.14. The molecule has 1 heterocycles. The Morgan fingerprint density at radius 1 is 1.20 bits per heavy atom. The molecule has 3 aromatic rings. The molecule has 0 unspecified atom stereocenters. The average molecular weight is 393 g/mol. The van der Waals surface area contributed by atoms with E-state index in [-0.39, 0.29) is 11.7 Å². The van der Waals surface area contributed by atoms with Crippen molar-refractivity contribution in [3.8, 4) is 5.69 Å². The Kier molecular flexibility index (Phi) is 5.63. The highest BCUT2D eigenvalue weighted by molar-refractivity contribution is 7.99. The molecular weight excluding hydrogens is 379 g/mol. The standard InChI is InChI=1S/C17H14Cl2N4OS/c1-11-7-8-13(18)16(15(11)19)21-14(24)9-25-17-22-20-10-23(17)12-5-3-2-4-6-12/h2-8,10H,9H2,1H3,(H,21,24). The molecule has 3 rings (SSSR count). The predicted molar refractivity (Wildman–Crippen MR) is 102 cm³/mol. The van der Waals surface area contributed by atoms with Gasteiger partial charge in [-0.15, -0.1) is 10.2 Å². The Bertz CT molecular complexity index is 899. The van der Waals surface area contributed by atoms with Crippen LogP contribution in [0.2, 0.25) is 10.0 Å². The summed E-state index contributed by atoms with van der Waals surface area (Å²) in [6, 6.07) is 13.2. The number of anilines is 1. The molecule has 0 aliphatic rings. The van der Waals surface area contributed by atoms with Crippen molar-refractivity contribution in [2.45, 2.75) is 12.1 Å². The maximum Gasteiger partial charge on any atom is 0.234 e. The molecule has 25 heavy (non-hydrogen) atoms. The number of nitrogens with one attached hydrogen (secondary N) is 1. The summed E-state index contributed by atoms with van der Waals surface area (Å²) >= 11 is 13.6. The molecule has 0 fully saturated rings. The molecule has 0 atom stereocenters. The van der Waals surface area contributed by atoms with Crippen molar-refractivity contribution in [1.82, 2.24) is 14.8 Å². The van der Waals surface area contributed by atoms with E-state index in [9.17, 15) is 4.79 Å². The fourth-order valence-electron chi connectivity index (χ4n) is 2.17. The Balaban J connectivity index is 1.69. The van der Waals surface area contributed by atoms with Gasteiger partial charge in [0, 0.05) is 5.69 Å². The van der Waals surface area contributed by atoms with E-state index in [4.69, 9.17) is 23.2 Å². The van der Waals surface area contributed by atoms with Crippen molar-refractivity contribution in [1.29, 1.82) is 0 Å². The lowest BCUT2D eigenvalue weighted by atomic mass is 10.2. The molecule has 128 valence electrons. The van der Waals surface area contributed by atoms with Crippen LogP contribution in [0, 0.1) is 6.92 Å². The summed E-state index contributed by atoms with van der Waals surface area (Å²) in [5, 5.41) is 12.2. The van der Waals surface area contributed by atoms with Gasteiger partial charge in [-0.2, -0.15) is 0 Å². The van der Waals surface area contributed by atoms with E-state index in [1.165, 1.54) is 11.8 Å². The van der Waals surface area contributed by atoms with Crippen LogP contribution in [0.5, 0.6) is 0 Å². The van der Waals surface area contributed by atoms with Crippen molar-refractivity contribution in [3.63, 3.8) is 0 Å². The third-order valence-corrected chi connectivity index (χ3v) is 5.18. The van der Waals surface area contributed by atoms with Crippen LogP contribution < -0.4 is 5.32 Å². The van der Waals surface area contributed by atoms with E-state index >= 15 is 0 Å². The van der Waals surface area contributed by atoms with E-state index in [1.54, 1.807) is 18.5 Å². The number of hydrogen-bond donors (Lipinski definition) is 1.